The lowest BCUT2D eigenvalue weighted by molar-refractivity contribution is 0.0883. The number of carbonyl (C=O) groups excluding carboxylic acids is 1. The molecular formula is C20H24N2O2. The van der Waals surface area contributed by atoms with Crippen molar-refractivity contribution in [3.63, 3.8) is 0 Å². The maximum Gasteiger partial charge on any atom is 0.268 e. The molecule has 1 N–H and O–H groups in total. The smallest absolute Gasteiger partial charge is 0.268 e. The van der Waals surface area contributed by atoms with Crippen molar-refractivity contribution in [2.24, 2.45) is 18.9 Å². The Morgan fingerprint density at radius 3 is 2.83 bits per heavy atom. The fourth-order valence-corrected chi connectivity index (χ4v) is 4.08. The molecule has 0 unspecified atom stereocenters. The number of rotatable bonds is 2. The van der Waals surface area contributed by atoms with Crippen LogP contribution in [0.3, 0.4) is 0 Å². The highest BCUT2D eigenvalue weighted by molar-refractivity contribution is 6.07. The number of hydrogen-bond donors (Lipinski definition) is 1. The van der Waals surface area contributed by atoms with Crippen molar-refractivity contribution >= 4 is 28.0 Å². The maximum atomic E-state index is 12.8. The van der Waals surface area contributed by atoms with E-state index >= 15 is 0 Å². The molecular weight excluding hydrogens is 300 g/mol. The van der Waals surface area contributed by atoms with Crippen LogP contribution < -0.4 is 5.32 Å². The molecule has 1 fully saturated rings. The lowest BCUT2D eigenvalue weighted by Gasteiger charge is -2.34. The normalized spacial score (nSPS) is 24.5. The molecule has 126 valence electrons. The molecule has 0 saturated heterocycles. The Kier molecular flexibility index (Phi) is 3.63. The summed E-state index contributed by atoms with van der Waals surface area (Å²) in [6.07, 6.45) is 3.52. The number of aryl methyl sites for hydroxylation is 1. The molecule has 1 amide bonds. The lowest BCUT2D eigenvalue weighted by atomic mass is 9.78. The van der Waals surface area contributed by atoms with E-state index in [1.54, 1.807) is 0 Å². The van der Waals surface area contributed by atoms with Crippen molar-refractivity contribution in [1.82, 2.24) is 9.88 Å². The Hall–Kier alpha value is -2.23. The molecule has 24 heavy (non-hydrogen) atoms. The molecule has 4 nitrogen and oxygen atoms in total. The number of fused-ring (bicyclic) bond motifs is 3. The molecule has 3 atom stereocenters. The van der Waals surface area contributed by atoms with Gasteiger partial charge in [0.1, 0.15) is 11.3 Å². The van der Waals surface area contributed by atoms with E-state index in [1.165, 1.54) is 12.8 Å². The van der Waals surface area contributed by atoms with Crippen LogP contribution in [0, 0.1) is 11.8 Å². The van der Waals surface area contributed by atoms with Crippen LogP contribution in [0.2, 0.25) is 0 Å². The van der Waals surface area contributed by atoms with Gasteiger partial charge in [-0.25, -0.2) is 0 Å². The number of aromatic nitrogens is 1. The van der Waals surface area contributed by atoms with Crippen LogP contribution in [-0.4, -0.2) is 16.5 Å². The summed E-state index contributed by atoms with van der Waals surface area (Å²) in [5, 5.41) is 4.30. The highest BCUT2D eigenvalue weighted by Crippen LogP contribution is 2.32. The Labute approximate surface area is 141 Å². The van der Waals surface area contributed by atoms with E-state index in [4.69, 9.17) is 4.42 Å². The SMILES string of the molecule is C[C@H]1[C@H](C)CCC[C@H]1NC(=O)c1cc2oc3ccccc3c2n1C. The van der Waals surface area contributed by atoms with Crippen molar-refractivity contribution in [3.8, 4) is 0 Å². The molecule has 2 aromatic heterocycles. The highest BCUT2D eigenvalue weighted by Gasteiger charge is 2.29. The van der Waals surface area contributed by atoms with Crippen molar-refractivity contribution in [1.29, 1.82) is 0 Å². The van der Waals surface area contributed by atoms with E-state index in [9.17, 15) is 4.79 Å². The van der Waals surface area contributed by atoms with Crippen LogP contribution in [0.15, 0.2) is 34.7 Å². The first-order valence-corrected chi connectivity index (χ1v) is 8.84. The van der Waals surface area contributed by atoms with Gasteiger partial charge in [-0.3, -0.25) is 4.79 Å². The summed E-state index contributed by atoms with van der Waals surface area (Å²) >= 11 is 0. The first-order valence-electron chi connectivity index (χ1n) is 8.84. The van der Waals surface area contributed by atoms with E-state index in [2.05, 4.69) is 19.2 Å². The number of benzene rings is 1. The van der Waals surface area contributed by atoms with Crippen molar-refractivity contribution in [2.45, 2.75) is 39.2 Å². The van der Waals surface area contributed by atoms with E-state index < -0.39 is 0 Å². The Bertz CT molecular complexity index is 905. The third-order valence-corrected chi connectivity index (χ3v) is 5.82. The monoisotopic (exact) mass is 324 g/mol. The van der Waals surface area contributed by atoms with Gasteiger partial charge in [0.15, 0.2) is 5.58 Å². The maximum absolute atomic E-state index is 12.8. The minimum atomic E-state index is -0.000990. The summed E-state index contributed by atoms with van der Waals surface area (Å²) in [5.74, 6) is 1.18. The zero-order valence-corrected chi connectivity index (χ0v) is 14.5. The van der Waals surface area contributed by atoms with Gasteiger partial charge >= 0.3 is 0 Å². The molecule has 4 heteroatoms. The molecule has 1 aromatic carbocycles. The summed E-state index contributed by atoms with van der Waals surface area (Å²) in [6, 6.07) is 10.1. The average Bonchev–Trinajstić information content (AvgIpc) is 3.08. The van der Waals surface area contributed by atoms with Gasteiger partial charge in [0.05, 0.1) is 5.52 Å². The topological polar surface area (TPSA) is 47.2 Å². The van der Waals surface area contributed by atoms with Crippen molar-refractivity contribution in [2.75, 3.05) is 0 Å². The molecule has 0 aliphatic heterocycles. The fourth-order valence-electron chi connectivity index (χ4n) is 4.08. The number of furan rings is 1. The first-order chi connectivity index (χ1) is 11.6. The summed E-state index contributed by atoms with van der Waals surface area (Å²) in [4.78, 5) is 12.8. The van der Waals surface area contributed by atoms with Gasteiger partial charge in [0.2, 0.25) is 0 Å². The van der Waals surface area contributed by atoms with Crippen LogP contribution in [0.1, 0.15) is 43.6 Å². The van der Waals surface area contributed by atoms with Gasteiger partial charge < -0.3 is 14.3 Å². The zero-order chi connectivity index (χ0) is 16.8. The van der Waals surface area contributed by atoms with Crippen molar-refractivity contribution < 1.29 is 9.21 Å². The summed E-state index contributed by atoms with van der Waals surface area (Å²) in [6.45, 7) is 4.53. The van der Waals surface area contributed by atoms with E-state index in [0.29, 0.717) is 17.5 Å². The van der Waals surface area contributed by atoms with Crippen LogP contribution in [0.5, 0.6) is 0 Å². The minimum absolute atomic E-state index is 0.000990. The molecule has 1 saturated carbocycles. The Morgan fingerprint density at radius 2 is 2.00 bits per heavy atom. The van der Waals surface area contributed by atoms with E-state index in [0.717, 1.165) is 28.5 Å². The summed E-state index contributed by atoms with van der Waals surface area (Å²) in [5.41, 5.74) is 3.29. The molecule has 3 aromatic rings. The van der Waals surface area contributed by atoms with E-state index in [-0.39, 0.29) is 11.9 Å². The van der Waals surface area contributed by atoms with Crippen LogP contribution in [0.4, 0.5) is 0 Å². The second-order valence-electron chi connectivity index (χ2n) is 7.25. The van der Waals surface area contributed by atoms with Gasteiger partial charge in [-0.15, -0.1) is 0 Å². The second kappa shape index (κ2) is 5.69. The number of nitrogens with one attached hydrogen (secondary N) is 1. The predicted molar refractivity (Wildman–Crippen MR) is 96.1 cm³/mol. The largest absolute Gasteiger partial charge is 0.454 e. The lowest BCUT2D eigenvalue weighted by Crippen LogP contribution is -2.44. The molecule has 0 radical (unpaired) electrons. The Balaban J connectivity index is 1.66. The number of carbonyl (C=O) groups is 1. The standard InChI is InChI=1S/C20H24N2O2/c1-12-7-6-9-15(13(12)2)21-20(23)16-11-18-19(22(16)3)14-8-4-5-10-17(14)24-18/h4-5,8,10-13,15H,6-7,9H2,1-3H3,(H,21,23)/t12-,13+,15-/m1/s1. The Morgan fingerprint density at radius 1 is 1.21 bits per heavy atom. The third-order valence-electron chi connectivity index (χ3n) is 5.82. The molecule has 2 heterocycles. The first kappa shape index (κ1) is 15.3. The average molecular weight is 324 g/mol. The predicted octanol–water partition coefficient (Wildman–Crippen LogP) is 4.48. The molecule has 1 aliphatic rings. The number of nitrogens with zero attached hydrogens (tertiary/aromatic N) is 1. The summed E-state index contributed by atoms with van der Waals surface area (Å²) in [7, 11) is 1.94. The van der Waals surface area contributed by atoms with Crippen LogP contribution >= 0.6 is 0 Å². The second-order valence-corrected chi connectivity index (χ2v) is 7.25. The third kappa shape index (κ3) is 2.32. The van der Waals surface area contributed by atoms with Gasteiger partial charge in [-0.2, -0.15) is 0 Å². The number of para-hydroxylation sites is 1. The number of hydrogen-bond acceptors (Lipinski definition) is 2. The van der Waals surface area contributed by atoms with Gasteiger partial charge in [-0.05, 0) is 30.4 Å². The summed E-state index contributed by atoms with van der Waals surface area (Å²) < 4.78 is 7.84. The number of amides is 1. The van der Waals surface area contributed by atoms with E-state index in [1.807, 2.05) is 41.9 Å². The quantitative estimate of drug-likeness (QED) is 0.755. The molecule has 0 spiro atoms. The van der Waals surface area contributed by atoms with Crippen LogP contribution in [-0.2, 0) is 7.05 Å². The molecule has 4 rings (SSSR count). The van der Waals surface area contributed by atoms with Gasteiger partial charge in [-0.1, -0.05) is 38.8 Å². The minimum Gasteiger partial charge on any atom is -0.454 e. The highest BCUT2D eigenvalue weighted by atomic mass is 16.3. The fraction of sp³-hybridized carbons (Fsp3) is 0.450. The van der Waals surface area contributed by atoms with Gasteiger partial charge in [0.25, 0.3) is 5.91 Å². The van der Waals surface area contributed by atoms with Gasteiger partial charge in [0, 0.05) is 24.5 Å². The van der Waals surface area contributed by atoms with Crippen molar-refractivity contribution in [3.05, 3.63) is 36.0 Å². The molecule has 1 aliphatic carbocycles. The van der Waals surface area contributed by atoms with Crippen LogP contribution in [0.25, 0.3) is 22.1 Å². The molecule has 0 bridgehead atoms. The zero-order valence-electron chi connectivity index (χ0n) is 14.5.